The van der Waals surface area contributed by atoms with Crippen LogP contribution < -0.4 is 5.32 Å². The summed E-state index contributed by atoms with van der Waals surface area (Å²) in [5, 5.41) is 3.19. The number of nitrogens with zero attached hydrogens (tertiary/aromatic N) is 1. The Morgan fingerprint density at radius 1 is 1.44 bits per heavy atom. The average Bonchev–Trinajstić information content (AvgIpc) is 2.84. The van der Waals surface area contributed by atoms with E-state index in [2.05, 4.69) is 21.2 Å². The number of sulfonamides is 1. The molecule has 100 valence electrons. The van der Waals surface area contributed by atoms with Crippen molar-refractivity contribution in [1.29, 1.82) is 0 Å². The van der Waals surface area contributed by atoms with Gasteiger partial charge in [-0.2, -0.15) is 4.31 Å². The number of rotatable bonds is 3. The van der Waals surface area contributed by atoms with Gasteiger partial charge in [0.1, 0.15) is 0 Å². The van der Waals surface area contributed by atoms with Crippen LogP contribution in [0, 0.1) is 6.92 Å². The monoisotopic (exact) mass is 332 g/mol. The number of benzene rings is 1. The Kier molecular flexibility index (Phi) is 4.11. The van der Waals surface area contributed by atoms with Gasteiger partial charge in [-0.05, 0) is 37.6 Å². The van der Waals surface area contributed by atoms with Crippen LogP contribution in [0.2, 0.25) is 0 Å². The zero-order valence-corrected chi connectivity index (χ0v) is 12.9. The first-order chi connectivity index (χ1) is 8.43. The van der Waals surface area contributed by atoms with E-state index in [9.17, 15) is 8.42 Å². The zero-order chi connectivity index (χ0) is 13.3. The smallest absolute Gasteiger partial charge is 0.243 e. The molecule has 2 rings (SSSR count). The van der Waals surface area contributed by atoms with Gasteiger partial charge in [-0.15, -0.1) is 0 Å². The van der Waals surface area contributed by atoms with Gasteiger partial charge in [0.15, 0.2) is 0 Å². The van der Waals surface area contributed by atoms with Crippen molar-refractivity contribution in [3.8, 4) is 0 Å². The van der Waals surface area contributed by atoms with Crippen molar-refractivity contribution in [3.05, 3.63) is 28.2 Å². The van der Waals surface area contributed by atoms with Crippen LogP contribution in [0.1, 0.15) is 12.0 Å². The summed E-state index contributed by atoms with van der Waals surface area (Å²) in [6.07, 6.45) is 0.864. The molecule has 0 spiro atoms. The third kappa shape index (κ3) is 2.61. The molecule has 1 heterocycles. The van der Waals surface area contributed by atoms with Crippen LogP contribution in [0.3, 0.4) is 0 Å². The Bertz CT molecular complexity index is 539. The Hall–Kier alpha value is -0.430. The van der Waals surface area contributed by atoms with Crippen LogP contribution >= 0.6 is 15.9 Å². The molecule has 0 bridgehead atoms. The van der Waals surface area contributed by atoms with Gasteiger partial charge in [0.25, 0.3) is 0 Å². The molecule has 0 radical (unpaired) electrons. The second-order valence-electron chi connectivity index (χ2n) is 4.58. The SMILES string of the molecule is Cc1ccc(Br)cc1S(=O)(=O)N(C)C1CCNC1. The number of likely N-dealkylation sites (N-methyl/N-ethyl adjacent to an activating group) is 1. The van der Waals surface area contributed by atoms with E-state index in [4.69, 9.17) is 0 Å². The molecule has 1 N–H and O–H groups in total. The summed E-state index contributed by atoms with van der Waals surface area (Å²) in [5.74, 6) is 0. The lowest BCUT2D eigenvalue weighted by Gasteiger charge is -2.24. The summed E-state index contributed by atoms with van der Waals surface area (Å²) < 4.78 is 27.4. The van der Waals surface area contributed by atoms with Crippen molar-refractivity contribution in [2.24, 2.45) is 0 Å². The quantitative estimate of drug-likeness (QED) is 0.917. The first-order valence-corrected chi connectivity index (χ1v) is 8.11. The molecule has 1 fully saturated rings. The molecule has 0 aliphatic carbocycles. The molecule has 1 saturated heterocycles. The van der Waals surface area contributed by atoms with E-state index in [-0.39, 0.29) is 6.04 Å². The molecule has 0 saturated carbocycles. The van der Waals surface area contributed by atoms with Gasteiger partial charge >= 0.3 is 0 Å². The highest BCUT2D eigenvalue weighted by Gasteiger charge is 2.30. The molecule has 1 aliphatic rings. The van der Waals surface area contributed by atoms with Crippen molar-refractivity contribution in [3.63, 3.8) is 0 Å². The summed E-state index contributed by atoms with van der Waals surface area (Å²) in [6.45, 7) is 3.42. The minimum Gasteiger partial charge on any atom is -0.315 e. The van der Waals surface area contributed by atoms with Crippen LogP contribution in [-0.2, 0) is 10.0 Å². The van der Waals surface area contributed by atoms with E-state index in [1.165, 1.54) is 4.31 Å². The highest BCUT2D eigenvalue weighted by Crippen LogP contribution is 2.25. The molecule has 0 amide bonds. The lowest BCUT2D eigenvalue weighted by molar-refractivity contribution is 0.387. The van der Waals surface area contributed by atoms with Crippen molar-refractivity contribution in [2.75, 3.05) is 20.1 Å². The van der Waals surface area contributed by atoms with Gasteiger partial charge in [0.05, 0.1) is 4.90 Å². The van der Waals surface area contributed by atoms with Crippen LogP contribution in [0.25, 0.3) is 0 Å². The number of aryl methyl sites for hydroxylation is 1. The summed E-state index contributed by atoms with van der Waals surface area (Å²) in [7, 11) is -1.75. The van der Waals surface area contributed by atoms with Gasteiger partial charge < -0.3 is 5.32 Å². The molecule has 18 heavy (non-hydrogen) atoms. The van der Waals surface area contributed by atoms with Crippen molar-refractivity contribution < 1.29 is 8.42 Å². The predicted octanol–water partition coefficient (Wildman–Crippen LogP) is 1.74. The first kappa shape index (κ1) is 14.0. The summed E-state index contributed by atoms with van der Waals surface area (Å²) in [4.78, 5) is 0.381. The largest absolute Gasteiger partial charge is 0.315 e. The Morgan fingerprint density at radius 2 is 2.17 bits per heavy atom. The predicted molar refractivity (Wildman–Crippen MR) is 75.1 cm³/mol. The molecule has 1 aromatic rings. The van der Waals surface area contributed by atoms with E-state index in [1.807, 2.05) is 19.1 Å². The summed E-state index contributed by atoms with van der Waals surface area (Å²) in [5.41, 5.74) is 0.774. The highest BCUT2D eigenvalue weighted by molar-refractivity contribution is 9.10. The van der Waals surface area contributed by atoms with Crippen molar-refractivity contribution in [1.82, 2.24) is 9.62 Å². The third-order valence-corrected chi connectivity index (χ3v) is 5.90. The maximum absolute atomic E-state index is 12.6. The normalized spacial score (nSPS) is 20.6. The third-order valence-electron chi connectivity index (χ3n) is 3.36. The van der Waals surface area contributed by atoms with E-state index in [0.717, 1.165) is 29.5 Å². The number of halogens is 1. The fourth-order valence-electron chi connectivity index (χ4n) is 2.15. The molecular weight excluding hydrogens is 316 g/mol. The standard InChI is InChI=1S/C12H17BrN2O2S/c1-9-3-4-10(13)7-12(9)18(16,17)15(2)11-5-6-14-8-11/h3-4,7,11,14H,5-6,8H2,1-2H3. The van der Waals surface area contributed by atoms with E-state index >= 15 is 0 Å². The molecule has 1 atom stereocenters. The maximum atomic E-state index is 12.6. The van der Waals surface area contributed by atoms with Gasteiger partial charge in [0.2, 0.25) is 10.0 Å². The maximum Gasteiger partial charge on any atom is 0.243 e. The molecule has 1 aromatic carbocycles. The number of nitrogens with one attached hydrogen (secondary N) is 1. The molecule has 6 heteroatoms. The lowest BCUT2D eigenvalue weighted by atomic mass is 10.2. The summed E-state index contributed by atoms with van der Waals surface area (Å²) in [6, 6.07) is 5.39. The van der Waals surface area contributed by atoms with E-state index in [1.54, 1.807) is 13.1 Å². The molecule has 4 nitrogen and oxygen atoms in total. The van der Waals surface area contributed by atoms with Crippen LogP contribution in [-0.4, -0.2) is 38.9 Å². The van der Waals surface area contributed by atoms with Gasteiger partial charge in [-0.25, -0.2) is 8.42 Å². The van der Waals surface area contributed by atoms with Gasteiger partial charge in [0, 0.05) is 24.1 Å². The fraction of sp³-hybridized carbons (Fsp3) is 0.500. The Balaban J connectivity index is 2.37. The fourth-order valence-corrected chi connectivity index (χ4v) is 4.30. The second kappa shape index (κ2) is 5.28. The molecular formula is C12H17BrN2O2S. The minimum absolute atomic E-state index is 0.0494. The van der Waals surface area contributed by atoms with Crippen LogP contribution in [0.4, 0.5) is 0 Å². The Morgan fingerprint density at radius 3 is 2.78 bits per heavy atom. The topological polar surface area (TPSA) is 49.4 Å². The van der Waals surface area contributed by atoms with Crippen molar-refractivity contribution in [2.45, 2.75) is 24.3 Å². The zero-order valence-electron chi connectivity index (χ0n) is 10.5. The minimum atomic E-state index is -3.41. The molecule has 1 unspecified atom stereocenters. The van der Waals surface area contributed by atoms with E-state index in [0.29, 0.717) is 4.90 Å². The van der Waals surface area contributed by atoms with Gasteiger partial charge in [-0.1, -0.05) is 22.0 Å². The number of hydrogen-bond donors (Lipinski definition) is 1. The second-order valence-corrected chi connectivity index (χ2v) is 7.46. The number of hydrogen-bond acceptors (Lipinski definition) is 3. The average molecular weight is 333 g/mol. The van der Waals surface area contributed by atoms with Gasteiger partial charge in [-0.3, -0.25) is 0 Å². The molecule has 0 aromatic heterocycles. The first-order valence-electron chi connectivity index (χ1n) is 5.88. The summed E-state index contributed by atoms with van der Waals surface area (Å²) >= 11 is 3.33. The van der Waals surface area contributed by atoms with Crippen LogP contribution in [0.5, 0.6) is 0 Å². The van der Waals surface area contributed by atoms with Crippen molar-refractivity contribution >= 4 is 26.0 Å². The molecule has 1 aliphatic heterocycles. The highest BCUT2D eigenvalue weighted by atomic mass is 79.9. The van der Waals surface area contributed by atoms with E-state index < -0.39 is 10.0 Å². The Labute approximate surface area is 117 Å². The van der Waals surface area contributed by atoms with Crippen LogP contribution in [0.15, 0.2) is 27.6 Å². The lowest BCUT2D eigenvalue weighted by Crippen LogP contribution is -2.38.